The minimum atomic E-state index is -4.31. The molecule has 1 heterocycles. The van der Waals surface area contributed by atoms with Crippen LogP contribution in [0.15, 0.2) is 30.5 Å². The van der Waals surface area contributed by atoms with Crippen LogP contribution >= 0.6 is 23.7 Å². The predicted octanol–water partition coefficient (Wildman–Crippen LogP) is 4.33. The van der Waals surface area contributed by atoms with E-state index >= 15 is 0 Å². The molecule has 23 heavy (non-hydrogen) atoms. The van der Waals surface area contributed by atoms with Crippen LogP contribution in [-0.4, -0.2) is 4.98 Å². The van der Waals surface area contributed by atoms with Gasteiger partial charge < -0.3 is 11.1 Å². The van der Waals surface area contributed by atoms with Gasteiger partial charge in [0.1, 0.15) is 0 Å². The van der Waals surface area contributed by atoms with Crippen molar-refractivity contribution in [3.05, 3.63) is 46.5 Å². The van der Waals surface area contributed by atoms with E-state index in [4.69, 9.17) is 5.73 Å². The molecule has 8 heteroatoms. The van der Waals surface area contributed by atoms with Gasteiger partial charge in [-0.25, -0.2) is 4.98 Å². The third-order valence-corrected chi connectivity index (χ3v) is 4.95. The van der Waals surface area contributed by atoms with Gasteiger partial charge in [-0.2, -0.15) is 13.2 Å². The summed E-state index contributed by atoms with van der Waals surface area (Å²) in [7, 11) is 0. The fraction of sp³-hybridized carbons (Fsp3) is 0.400. The number of benzene rings is 1. The van der Waals surface area contributed by atoms with E-state index in [1.165, 1.54) is 23.5 Å². The van der Waals surface area contributed by atoms with E-state index in [2.05, 4.69) is 10.3 Å². The van der Waals surface area contributed by atoms with Gasteiger partial charge in [0.05, 0.1) is 5.56 Å². The van der Waals surface area contributed by atoms with E-state index in [1.54, 1.807) is 12.3 Å². The predicted molar refractivity (Wildman–Crippen MR) is 87.6 cm³/mol. The monoisotopic (exact) mass is 363 g/mol. The van der Waals surface area contributed by atoms with Crippen molar-refractivity contribution in [1.29, 1.82) is 0 Å². The molecule has 0 atom stereocenters. The summed E-state index contributed by atoms with van der Waals surface area (Å²) < 4.78 is 38.7. The molecule has 1 fully saturated rings. The largest absolute Gasteiger partial charge is 0.416 e. The molecule has 1 aliphatic carbocycles. The van der Waals surface area contributed by atoms with Crippen molar-refractivity contribution in [3.8, 4) is 0 Å². The molecule has 3 N–H and O–H groups in total. The zero-order valence-electron chi connectivity index (χ0n) is 12.2. The Bertz CT molecular complexity index is 668. The molecule has 3 rings (SSSR count). The first kappa shape index (κ1) is 18.0. The molecule has 0 spiro atoms. The Morgan fingerprint density at radius 1 is 1.30 bits per heavy atom. The van der Waals surface area contributed by atoms with Crippen LogP contribution < -0.4 is 11.1 Å². The summed E-state index contributed by atoms with van der Waals surface area (Å²) in [4.78, 5) is 4.97. The quantitative estimate of drug-likeness (QED) is 0.849. The minimum absolute atomic E-state index is 0. The van der Waals surface area contributed by atoms with Crippen molar-refractivity contribution in [2.45, 2.75) is 37.5 Å². The average molecular weight is 364 g/mol. The van der Waals surface area contributed by atoms with E-state index in [-0.39, 0.29) is 17.9 Å². The van der Waals surface area contributed by atoms with Gasteiger partial charge >= 0.3 is 6.18 Å². The molecule has 0 amide bonds. The molecule has 0 unspecified atom stereocenters. The second-order valence-electron chi connectivity index (χ2n) is 5.53. The zero-order chi connectivity index (χ0) is 15.8. The first-order chi connectivity index (χ1) is 10.4. The van der Waals surface area contributed by atoms with Crippen LogP contribution in [0.4, 0.5) is 18.3 Å². The van der Waals surface area contributed by atoms with E-state index in [9.17, 15) is 13.2 Å². The molecule has 1 saturated carbocycles. The van der Waals surface area contributed by atoms with Gasteiger partial charge in [0.2, 0.25) is 0 Å². The van der Waals surface area contributed by atoms with E-state index in [0.29, 0.717) is 17.2 Å². The first-order valence-electron chi connectivity index (χ1n) is 7.02. The molecule has 1 aromatic heterocycles. The fourth-order valence-corrected chi connectivity index (χ4v) is 3.38. The normalized spacial score (nSPS) is 16.5. The number of anilines is 1. The third-order valence-electron chi connectivity index (χ3n) is 4.12. The topological polar surface area (TPSA) is 50.9 Å². The van der Waals surface area contributed by atoms with Crippen molar-refractivity contribution < 1.29 is 13.2 Å². The zero-order valence-corrected chi connectivity index (χ0v) is 13.8. The molecule has 126 valence electrons. The van der Waals surface area contributed by atoms with Crippen LogP contribution in [0.2, 0.25) is 0 Å². The summed E-state index contributed by atoms with van der Waals surface area (Å²) in [5.41, 5.74) is 5.33. The molecule has 0 saturated heterocycles. The van der Waals surface area contributed by atoms with Gasteiger partial charge in [0.25, 0.3) is 0 Å². The molecule has 0 aliphatic heterocycles. The second kappa shape index (κ2) is 6.67. The molecule has 2 aromatic rings. The van der Waals surface area contributed by atoms with Crippen molar-refractivity contribution in [1.82, 2.24) is 10.3 Å². The number of aromatic nitrogens is 1. The van der Waals surface area contributed by atoms with E-state index in [1.807, 2.05) is 0 Å². The number of rotatable bonds is 4. The number of nitrogens with zero attached hydrogens (tertiary/aromatic N) is 1. The van der Waals surface area contributed by atoms with Gasteiger partial charge in [0.15, 0.2) is 5.13 Å². The number of thiazole rings is 1. The SMILES string of the molecule is Cl.Nc1ncc(CNC2(c3cccc(C(F)(F)F)c3)CCC2)s1. The molecule has 0 radical (unpaired) electrons. The van der Waals surface area contributed by atoms with Crippen LogP contribution in [-0.2, 0) is 18.3 Å². The van der Waals surface area contributed by atoms with Crippen LogP contribution in [0.25, 0.3) is 0 Å². The minimum Gasteiger partial charge on any atom is -0.375 e. The Morgan fingerprint density at radius 3 is 2.57 bits per heavy atom. The van der Waals surface area contributed by atoms with Crippen molar-refractivity contribution in [2.24, 2.45) is 0 Å². The molecule has 1 aromatic carbocycles. The van der Waals surface area contributed by atoms with Gasteiger partial charge in [-0.15, -0.1) is 23.7 Å². The summed E-state index contributed by atoms with van der Waals surface area (Å²) in [6.07, 6.45) is 0.0673. The van der Waals surface area contributed by atoms with Gasteiger partial charge in [-0.3, -0.25) is 0 Å². The maximum atomic E-state index is 12.9. The third kappa shape index (κ3) is 3.79. The van der Waals surface area contributed by atoms with Crippen LogP contribution in [0, 0.1) is 0 Å². The molecular formula is C15H17ClF3N3S. The lowest BCUT2D eigenvalue weighted by molar-refractivity contribution is -0.137. The summed E-state index contributed by atoms with van der Waals surface area (Å²) in [6, 6.07) is 5.61. The molecule has 0 bridgehead atoms. The number of halogens is 4. The highest BCUT2D eigenvalue weighted by atomic mass is 35.5. The number of nitrogens with two attached hydrogens (primary N) is 1. The van der Waals surface area contributed by atoms with E-state index in [0.717, 1.165) is 30.2 Å². The van der Waals surface area contributed by atoms with Crippen molar-refractivity contribution >= 4 is 28.9 Å². The Labute approximate surface area is 142 Å². The van der Waals surface area contributed by atoms with Crippen molar-refractivity contribution in [2.75, 3.05) is 5.73 Å². The molecular weight excluding hydrogens is 347 g/mol. The Balaban J connectivity index is 0.00000192. The average Bonchev–Trinajstić information content (AvgIpc) is 2.83. The summed E-state index contributed by atoms with van der Waals surface area (Å²) >= 11 is 1.39. The summed E-state index contributed by atoms with van der Waals surface area (Å²) in [6.45, 7) is 0.561. The first-order valence-corrected chi connectivity index (χ1v) is 7.84. The highest BCUT2D eigenvalue weighted by molar-refractivity contribution is 7.15. The number of alkyl halides is 3. The van der Waals surface area contributed by atoms with Gasteiger partial charge in [0, 0.05) is 23.2 Å². The second-order valence-corrected chi connectivity index (χ2v) is 6.68. The highest BCUT2D eigenvalue weighted by Crippen LogP contribution is 2.43. The fourth-order valence-electron chi connectivity index (χ4n) is 2.75. The Hall–Kier alpha value is -1.31. The number of hydrogen-bond acceptors (Lipinski definition) is 4. The lowest BCUT2D eigenvalue weighted by Gasteiger charge is -2.43. The van der Waals surface area contributed by atoms with Crippen LogP contribution in [0.3, 0.4) is 0 Å². The maximum absolute atomic E-state index is 12.9. The summed E-state index contributed by atoms with van der Waals surface area (Å²) in [5.74, 6) is 0. The summed E-state index contributed by atoms with van der Waals surface area (Å²) in [5, 5.41) is 3.90. The molecule has 3 nitrogen and oxygen atoms in total. The Kier molecular flexibility index (Phi) is 5.23. The lowest BCUT2D eigenvalue weighted by atomic mass is 9.71. The lowest BCUT2D eigenvalue weighted by Crippen LogP contribution is -2.47. The highest BCUT2D eigenvalue weighted by Gasteiger charge is 2.40. The Morgan fingerprint density at radius 2 is 2.04 bits per heavy atom. The van der Waals surface area contributed by atoms with E-state index < -0.39 is 11.7 Å². The van der Waals surface area contributed by atoms with Crippen molar-refractivity contribution in [3.63, 3.8) is 0 Å². The number of hydrogen-bond donors (Lipinski definition) is 2. The standard InChI is InChI=1S/C15H16F3N3S.ClH/c16-15(17,18)11-4-1-3-10(7-11)14(5-2-6-14)21-9-12-8-20-13(19)22-12;/h1,3-4,7-8,21H,2,5-6,9H2,(H2,19,20);1H. The maximum Gasteiger partial charge on any atom is 0.416 e. The smallest absolute Gasteiger partial charge is 0.375 e. The number of nitrogens with one attached hydrogen (secondary N) is 1. The van der Waals surface area contributed by atoms with Crippen LogP contribution in [0.1, 0.15) is 35.3 Å². The van der Waals surface area contributed by atoms with Gasteiger partial charge in [-0.1, -0.05) is 12.1 Å². The van der Waals surface area contributed by atoms with Gasteiger partial charge in [-0.05, 0) is 37.0 Å². The van der Waals surface area contributed by atoms with Crippen LogP contribution in [0.5, 0.6) is 0 Å². The number of nitrogen functional groups attached to an aromatic ring is 1. The molecule has 1 aliphatic rings.